The molecular formula is C81H92N4. The van der Waals surface area contributed by atoms with Crippen molar-refractivity contribution < 1.29 is 0 Å². The smallest absolute Gasteiger partial charge is 0.0491 e. The molecular weight excluding hydrogens is 1030 g/mol. The molecule has 0 aromatic heterocycles. The van der Waals surface area contributed by atoms with Crippen molar-refractivity contribution in [3.63, 3.8) is 0 Å². The topological polar surface area (TPSA) is 13.0 Å². The van der Waals surface area contributed by atoms with Crippen LogP contribution in [0.2, 0.25) is 0 Å². The molecule has 85 heavy (non-hydrogen) atoms. The van der Waals surface area contributed by atoms with Crippen molar-refractivity contribution in [2.24, 2.45) is 0 Å². The lowest BCUT2D eigenvalue weighted by molar-refractivity contribution is 0.693. The molecule has 0 spiro atoms. The van der Waals surface area contributed by atoms with E-state index in [4.69, 9.17) is 0 Å². The van der Waals surface area contributed by atoms with Gasteiger partial charge in [-0.2, -0.15) is 0 Å². The average molecular weight is 1120 g/mol. The number of rotatable bonds is 29. The molecule has 0 fully saturated rings. The van der Waals surface area contributed by atoms with Crippen LogP contribution in [0.3, 0.4) is 0 Å². The van der Waals surface area contributed by atoms with Crippen LogP contribution in [-0.2, 0) is 12.8 Å². The van der Waals surface area contributed by atoms with Crippen molar-refractivity contribution in [2.45, 2.75) is 113 Å². The lowest BCUT2D eigenvalue weighted by Crippen LogP contribution is -2.32. The second-order valence-corrected chi connectivity index (χ2v) is 21.3. The molecule has 4 heteroatoms. The molecule has 0 heterocycles. The van der Waals surface area contributed by atoms with Gasteiger partial charge in [-0.25, -0.2) is 0 Å². The number of hydrogen-bond acceptors (Lipinski definition) is 4. The summed E-state index contributed by atoms with van der Waals surface area (Å²) in [6.45, 7) is 43.0. The van der Waals surface area contributed by atoms with Crippen LogP contribution in [0, 0.1) is 0 Å². The molecule has 6 rings (SSSR count). The second kappa shape index (κ2) is 33.9. The summed E-state index contributed by atoms with van der Waals surface area (Å²) >= 11 is 0. The number of benzene rings is 5. The molecule has 0 bridgehead atoms. The summed E-state index contributed by atoms with van der Waals surface area (Å²) in [6.07, 6.45) is 50.0. The molecule has 0 amide bonds. The Bertz CT molecular complexity index is 3460. The minimum absolute atomic E-state index is 0.0929. The van der Waals surface area contributed by atoms with Gasteiger partial charge in [0.1, 0.15) is 0 Å². The summed E-state index contributed by atoms with van der Waals surface area (Å²) in [7, 11) is 0. The number of hydrogen-bond donors (Lipinski definition) is 0. The highest BCUT2D eigenvalue weighted by Crippen LogP contribution is 2.42. The van der Waals surface area contributed by atoms with Gasteiger partial charge in [0.15, 0.2) is 0 Å². The zero-order valence-corrected chi connectivity index (χ0v) is 52.3. The molecule has 0 radical (unpaired) electrons. The number of aryl methyl sites for hydroxylation is 1. The minimum atomic E-state index is 0.0929. The molecule has 0 aliphatic heterocycles. The van der Waals surface area contributed by atoms with Crippen LogP contribution in [-0.4, -0.2) is 6.04 Å². The first-order valence-corrected chi connectivity index (χ1v) is 30.2. The molecule has 0 saturated heterocycles. The van der Waals surface area contributed by atoms with E-state index < -0.39 is 0 Å². The summed E-state index contributed by atoms with van der Waals surface area (Å²) in [4.78, 5) is 9.46. The molecule has 5 aromatic rings. The van der Waals surface area contributed by atoms with Crippen LogP contribution < -0.4 is 19.6 Å². The third-order valence-electron chi connectivity index (χ3n) is 15.3. The fraction of sp³-hybridized carbons (Fsp3) is 0.210. The van der Waals surface area contributed by atoms with E-state index in [2.05, 4.69) is 314 Å². The van der Waals surface area contributed by atoms with Gasteiger partial charge >= 0.3 is 0 Å². The normalized spacial score (nSPS) is 14.9. The van der Waals surface area contributed by atoms with Gasteiger partial charge in [-0.15, -0.1) is 6.58 Å². The van der Waals surface area contributed by atoms with Gasteiger partial charge < -0.3 is 19.6 Å². The summed E-state index contributed by atoms with van der Waals surface area (Å²) in [5.41, 5.74) is 20.3. The molecule has 1 atom stereocenters. The fourth-order valence-corrected chi connectivity index (χ4v) is 10.4. The Morgan fingerprint density at radius 1 is 0.588 bits per heavy atom. The molecule has 5 aromatic carbocycles. The standard InChI is InChI=1S/C81H92N4/c1-15-23-32-41-71-61-79(55-57-81(71)83(67(14)39-26-18-4)75-44-35-31-36-45-75)85(73(22-8)59-65(12)63(10)38-25-17-3)77-52-48-69(49-53-77)68-46-50-76(51-47-68)84(72(21-7)58-64(11)62(9)37-24-16-2)78-54-56-80(70(60-78)40-27-19-5)82(66(13)20-6)74-42-33-29-28-30-34-43-74/h15-27,29,31,33,35-38,42,44-61,66H,2,6,8-9,12,14,28,30,32,34,39-41,43H2,1,3-5,7,10-11,13H3/b23-15-,25-17-,26-18-,27-19-,33-29-,37-24-,63-38+,64-58+,72-21+,73-59+,74-42+. The predicted molar refractivity (Wildman–Crippen MR) is 378 cm³/mol. The predicted octanol–water partition coefficient (Wildman–Crippen LogP) is 23.6. The first kappa shape index (κ1) is 65.0. The number of para-hydroxylation sites is 1. The molecule has 1 unspecified atom stereocenters. The first-order chi connectivity index (χ1) is 41.4. The van der Waals surface area contributed by atoms with Gasteiger partial charge in [-0.1, -0.05) is 173 Å². The number of allylic oxidation sites excluding steroid dienone is 24. The number of anilines is 7. The lowest BCUT2D eigenvalue weighted by atomic mass is 10.00. The van der Waals surface area contributed by atoms with Gasteiger partial charge in [0.2, 0.25) is 0 Å². The Hall–Kier alpha value is -9.12. The van der Waals surface area contributed by atoms with Crippen molar-refractivity contribution in [1.82, 2.24) is 0 Å². The highest BCUT2D eigenvalue weighted by Gasteiger charge is 2.24. The van der Waals surface area contributed by atoms with Crippen LogP contribution >= 0.6 is 0 Å². The Kier molecular flexibility index (Phi) is 25.9. The van der Waals surface area contributed by atoms with Crippen LogP contribution in [0.1, 0.15) is 105 Å². The minimum Gasteiger partial charge on any atom is -0.338 e. The van der Waals surface area contributed by atoms with Crippen LogP contribution in [0.25, 0.3) is 11.1 Å². The van der Waals surface area contributed by atoms with E-state index in [-0.39, 0.29) is 6.04 Å². The van der Waals surface area contributed by atoms with E-state index in [0.717, 1.165) is 130 Å². The van der Waals surface area contributed by atoms with Gasteiger partial charge in [-0.3, -0.25) is 0 Å². The van der Waals surface area contributed by atoms with Gasteiger partial charge in [0.05, 0.1) is 0 Å². The summed E-state index contributed by atoms with van der Waals surface area (Å²) in [6, 6.07) is 42.2. The van der Waals surface area contributed by atoms with E-state index in [1.165, 1.54) is 28.9 Å². The monoisotopic (exact) mass is 1120 g/mol. The van der Waals surface area contributed by atoms with Gasteiger partial charge in [0, 0.05) is 75.1 Å². The van der Waals surface area contributed by atoms with Gasteiger partial charge in [-0.05, 0) is 242 Å². The van der Waals surface area contributed by atoms with E-state index >= 15 is 0 Å². The largest absolute Gasteiger partial charge is 0.338 e. The zero-order chi connectivity index (χ0) is 61.1. The van der Waals surface area contributed by atoms with Crippen LogP contribution in [0.4, 0.5) is 39.8 Å². The zero-order valence-electron chi connectivity index (χ0n) is 52.3. The maximum Gasteiger partial charge on any atom is 0.0491 e. The SMILES string of the molecule is C=C/C=C\C(=C)/C(C)=C/C(=C\C)N(c1ccc(-c2ccc(N(/C(C=C)=C/C(=C)/C(C)=C/C=C\C)c3ccc(N(C(=C)C/C=C\C)c4ccccc4)c(CC/C=C\C)c3)cc2)cc1)c1ccc(N(/C2=C/C=C\CCCC2)C(C)C=C)c(C/C=C\C)c1. The molecule has 4 nitrogen and oxygen atoms in total. The summed E-state index contributed by atoms with van der Waals surface area (Å²) < 4.78 is 0. The Morgan fingerprint density at radius 3 is 1.80 bits per heavy atom. The Labute approximate surface area is 513 Å². The quantitative estimate of drug-likeness (QED) is 0.0349. The van der Waals surface area contributed by atoms with Crippen molar-refractivity contribution >= 4 is 39.8 Å². The first-order valence-electron chi connectivity index (χ1n) is 30.2. The molecule has 1 aliphatic rings. The van der Waals surface area contributed by atoms with E-state index in [1.807, 2.05) is 31.2 Å². The van der Waals surface area contributed by atoms with Crippen LogP contribution in [0.5, 0.6) is 0 Å². The maximum absolute atomic E-state index is 4.63. The Morgan fingerprint density at radius 2 is 1.20 bits per heavy atom. The average Bonchev–Trinajstić information content (AvgIpc) is 2.86. The summed E-state index contributed by atoms with van der Waals surface area (Å²) in [5, 5.41) is 0. The van der Waals surface area contributed by atoms with Crippen LogP contribution in [0.15, 0.2) is 321 Å². The molecule has 0 N–H and O–H groups in total. The lowest BCUT2D eigenvalue weighted by Gasteiger charge is -2.35. The second-order valence-electron chi connectivity index (χ2n) is 21.3. The van der Waals surface area contributed by atoms with Gasteiger partial charge in [0.25, 0.3) is 0 Å². The van der Waals surface area contributed by atoms with Crippen molar-refractivity contribution in [2.75, 3.05) is 19.6 Å². The molecule has 0 saturated carbocycles. The third kappa shape index (κ3) is 17.7. The highest BCUT2D eigenvalue weighted by atomic mass is 15.2. The fourth-order valence-electron chi connectivity index (χ4n) is 10.4. The maximum atomic E-state index is 4.63. The summed E-state index contributed by atoms with van der Waals surface area (Å²) in [5.74, 6) is 0. The third-order valence-corrected chi connectivity index (χ3v) is 15.3. The Balaban J connectivity index is 1.49. The van der Waals surface area contributed by atoms with E-state index in [9.17, 15) is 0 Å². The van der Waals surface area contributed by atoms with Crippen molar-refractivity contribution in [1.29, 1.82) is 0 Å². The van der Waals surface area contributed by atoms with E-state index in [0.29, 0.717) is 0 Å². The van der Waals surface area contributed by atoms with Crippen molar-refractivity contribution in [3.8, 4) is 11.1 Å². The number of nitrogens with zero attached hydrogens (tertiary/aromatic N) is 4. The molecule has 1 aliphatic carbocycles. The van der Waals surface area contributed by atoms with E-state index in [1.54, 1.807) is 6.08 Å². The highest BCUT2D eigenvalue weighted by molar-refractivity contribution is 5.81. The molecule has 436 valence electrons. The van der Waals surface area contributed by atoms with Crippen molar-refractivity contribution in [3.05, 3.63) is 332 Å².